The topological polar surface area (TPSA) is 96.0 Å². The van der Waals surface area contributed by atoms with E-state index in [1.807, 2.05) is 24.4 Å². The maximum atomic E-state index is 11.6. The fourth-order valence-electron chi connectivity index (χ4n) is 3.59. The zero-order chi connectivity index (χ0) is 21.6. The van der Waals surface area contributed by atoms with Crippen LogP contribution in [0.1, 0.15) is 31.9 Å². The molecule has 9 heteroatoms. The minimum absolute atomic E-state index is 0.0601. The molecule has 31 heavy (non-hydrogen) atoms. The summed E-state index contributed by atoms with van der Waals surface area (Å²) in [5.74, 6) is 3.22. The monoisotopic (exact) mass is 436 g/mol. The van der Waals surface area contributed by atoms with Gasteiger partial charge in [-0.15, -0.1) is 17.8 Å². The summed E-state index contributed by atoms with van der Waals surface area (Å²) in [6, 6.07) is 6.28. The van der Waals surface area contributed by atoms with Gasteiger partial charge in [-0.2, -0.15) is 5.10 Å². The second-order valence-electron chi connectivity index (χ2n) is 7.36. The Morgan fingerprint density at radius 1 is 1.48 bits per heavy atom. The van der Waals surface area contributed by atoms with Gasteiger partial charge < -0.3 is 15.0 Å². The van der Waals surface area contributed by atoms with Gasteiger partial charge in [0.15, 0.2) is 6.61 Å². The summed E-state index contributed by atoms with van der Waals surface area (Å²) in [6.07, 6.45) is 11.7. The van der Waals surface area contributed by atoms with Crippen LogP contribution in [0, 0.1) is 12.3 Å². The summed E-state index contributed by atoms with van der Waals surface area (Å²) in [4.78, 5) is 24.2. The minimum atomic E-state index is -0.561. The lowest BCUT2D eigenvalue weighted by Gasteiger charge is -2.34. The van der Waals surface area contributed by atoms with Crippen molar-refractivity contribution in [3.63, 3.8) is 0 Å². The van der Waals surface area contributed by atoms with E-state index in [0.29, 0.717) is 6.04 Å². The largest absolute Gasteiger partial charge is 0.436 e. The number of alkyl carbamates (subject to hydrolysis) is 1. The fraction of sp³-hybridized carbons (Fsp3) is 0.364. The van der Waals surface area contributed by atoms with Crippen LogP contribution in [0.3, 0.4) is 0 Å². The number of amides is 1. The normalized spacial score (nSPS) is 16.0. The Hall–Kier alpha value is -3.38. The maximum absolute atomic E-state index is 11.6. The molecule has 0 bridgehead atoms. The molecule has 1 amide bonds. The molecule has 8 nitrogen and oxygen atoms in total. The van der Waals surface area contributed by atoms with Gasteiger partial charge in [-0.3, -0.25) is 10.1 Å². The second kappa shape index (κ2) is 9.62. The van der Waals surface area contributed by atoms with Crippen molar-refractivity contribution in [2.24, 2.45) is 0 Å². The van der Waals surface area contributed by atoms with Gasteiger partial charge in [-0.25, -0.2) is 9.78 Å². The first-order valence-corrected chi connectivity index (χ1v) is 11.0. The van der Waals surface area contributed by atoms with Gasteiger partial charge in [-0.05, 0) is 44.4 Å². The number of aromatic amines is 1. The highest BCUT2D eigenvalue weighted by Gasteiger charge is 2.26. The van der Waals surface area contributed by atoms with E-state index >= 15 is 0 Å². The average Bonchev–Trinajstić information content (AvgIpc) is 3.44. The summed E-state index contributed by atoms with van der Waals surface area (Å²) in [7, 11) is 0. The third kappa shape index (κ3) is 4.86. The van der Waals surface area contributed by atoms with Gasteiger partial charge >= 0.3 is 6.09 Å². The van der Waals surface area contributed by atoms with Gasteiger partial charge in [0.2, 0.25) is 0 Å². The molecule has 160 valence electrons. The number of anilines is 1. The highest BCUT2D eigenvalue weighted by atomic mass is 32.1. The van der Waals surface area contributed by atoms with Crippen molar-refractivity contribution in [2.75, 3.05) is 18.1 Å². The summed E-state index contributed by atoms with van der Waals surface area (Å²) < 4.78 is 4.83. The Morgan fingerprint density at radius 3 is 3.16 bits per heavy atom. The van der Waals surface area contributed by atoms with Crippen molar-refractivity contribution in [3.05, 3.63) is 36.3 Å². The highest BCUT2D eigenvalue weighted by molar-refractivity contribution is 7.19. The molecule has 0 aromatic carbocycles. The van der Waals surface area contributed by atoms with Crippen LogP contribution in [0.15, 0.2) is 30.6 Å². The molecule has 4 rings (SSSR count). The Bertz CT molecular complexity index is 1070. The maximum Gasteiger partial charge on any atom is 0.408 e. The predicted molar refractivity (Wildman–Crippen MR) is 121 cm³/mol. The zero-order valence-corrected chi connectivity index (χ0v) is 18.1. The van der Waals surface area contributed by atoms with Crippen molar-refractivity contribution >= 4 is 23.2 Å². The molecule has 0 radical (unpaired) electrons. The van der Waals surface area contributed by atoms with E-state index < -0.39 is 6.09 Å². The van der Waals surface area contributed by atoms with Crippen LogP contribution in [0.5, 0.6) is 0 Å². The molecular weight excluding hydrogens is 412 g/mol. The Kier molecular flexibility index (Phi) is 6.48. The number of hydrogen-bond donors (Lipinski definition) is 2. The number of rotatable bonds is 6. The third-order valence-corrected chi connectivity index (χ3v) is 6.28. The van der Waals surface area contributed by atoms with Crippen molar-refractivity contribution in [3.8, 4) is 33.5 Å². The quantitative estimate of drug-likeness (QED) is 0.570. The first-order chi connectivity index (χ1) is 15.2. The zero-order valence-electron chi connectivity index (χ0n) is 17.3. The standard InChI is InChI=1S/C22H24N6O2S/c1-3-11-30-22(29)24-14-17-12-18(27-26-17)19-20(28-10-5-4-7-15(28)2)25-21(31-19)16-8-6-9-23-13-16/h1,6,8-9,12-13,15H,4-5,7,10-11,14H2,2H3,(H,24,29)(H,26,27). The number of H-pyrrole nitrogens is 1. The molecule has 3 aromatic heterocycles. The number of ether oxygens (including phenoxy) is 1. The van der Waals surface area contributed by atoms with Crippen molar-refractivity contribution in [1.82, 2.24) is 25.5 Å². The Labute approximate surface area is 185 Å². The molecule has 2 N–H and O–H groups in total. The van der Waals surface area contributed by atoms with Crippen LogP contribution in [-0.2, 0) is 11.3 Å². The smallest absolute Gasteiger partial charge is 0.408 e. The van der Waals surface area contributed by atoms with E-state index in [9.17, 15) is 4.79 Å². The number of hydrogen-bond acceptors (Lipinski definition) is 7. The fourth-order valence-corrected chi connectivity index (χ4v) is 4.62. The van der Waals surface area contributed by atoms with Gasteiger partial charge in [0.1, 0.15) is 16.5 Å². The molecule has 1 unspecified atom stereocenters. The number of carbonyl (C=O) groups is 1. The van der Waals surface area contributed by atoms with E-state index in [4.69, 9.17) is 16.1 Å². The molecule has 1 saturated heterocycles. The van der Waals surface area contributed by atoms with E-state index in [1.54, 1.807) is 17.5 Å². The lowest BCUT2D eigenvalue weighted by atomic mass is 10.0. The number of carbonyl (C=O) groups excluding carboxylic acids is 1. The van der Waals surface area contributed by atoms with E-state index in [1.165, 1.54) is 6.42 Å². The number of aromatic nitrogens is 4. The number of nitrogens with one attached hydrogen (secondary N) is 2. The Morgan fingerprint density at radius 2 is 2.39 bits per heavy atom. The third-order valence-electron chi connectivity index (χ3n) is 5.17. The highest BCUT2D eigenvalue weighted by Crippen LogP contribution is 2.41. The van der Waals surface area contributed by atoms with Crippen molar-refractivity contribution in [2.45, 2.75) is 38.8 Å². The van der Waals surface area contributed by atoms with E-state index in [0.717, 1.165) is 52.0 Å². The van der Waals surface area contributed by atoms with Crippen LogP contribution in [0.2, 0.25) is 0 Å². The summed E-state index contributed by atoms with van der Waals surface area (Å²) in [5, 5.41) is 11.1. The first kappa shape index (κ1) is 20.9. The van der Waals surface area contributed by atoms with E-state index in [-0.39, 0.29) is 13.2 Å². The molecule has 1 aliphatic heterocycles. The minimum Gasteiger partial charge on any atom is -0.436 e. The number of pyridine rings is 1. The van der Waals surface area contributed by atoms with Gasteiger partial charge in [0.25, 0.3) is 0 Å². The van der Waals surface area contributed by atoms with Crippen LogP contribution >= 0.6 is 11.3 Å². The summed E-state index contributed by atoms with van der Waals surface area (Å²) >= 11 is 1.60. The van der Waals surface area contributed by atoms with Crippen LogP contribution in [-0.4, -0.2) is 45.5 Å². The van der Waals surface area contributed by atoms with Gasteiger partial charge in [-0.1, -0.05) is 5.92 Å². The number of thiazole rings is 1. The Balaban J connectivity index is 1.61. The second-order valence-corrected chi connectivity index (χ2v) is 8.36. The first-order valence-electron chi connectivity index (χ1n) is 10.2. The molecule has 4 heterocycles. The summed E-state index contributed by atoms with van der Waals surface area (Å²) in [5.41, 5.74) is 2.55. The molecule has 0 aliphatic carbocycles. The van der Waals surface area contributed by atoms with Crippen LogP contribution in [0.4, 0.5) is 10.6 Å². The molecular formula is C22H24N6O2S. The van der Waals surface area contributed by atoms with Gasteiger partial charge in [0.05, 0.1) is 17.1 Å². The van der Waals surface area contributed by atoms with Crippen molar-refractivity contribution in [1.29, 1.82) is 0 Å². The average molecular weight is 437 g/mol. The van der Waals surface area contributed by atoms with Crippen molar-refractivity contribution < 1.29 is 9.53 Å². The molecule has 3 aromatic rings. The lowest BCUT2D eigenvalue weighted by molar-refractivity contribution is 0.159. The molecule has 0 saturated carbocycles. The number of terminal acetylenes is 1. The molecule has 1 fully saturated rings. The summed E-state index contributed by atoms with van der Waals surface area (Å²) in [6.45, 7) is 3.42. The van der Waals surface area contributed by atoms with Crippen LogP contribution < -0.4 is 10.2 Å². The number of piperidine rings is 1. The SMILES string of the molecule is C#CCOC(=O)NCc1cc(-c2sc(-c3cccnc3)nc2N2CCCCC2C)n[nH]1. The molecule has 0 spiro atoms. The lowest BCUT2D eigenvalue weighted by Crippen LogP contribution is -2.37. The number of nitrogens with zero attached hydrogens (tertiary/aromatic N) is 4. The molecule has 1 atom stereocenters. The van der Waals surface area contributed by atoms with Crippen LogP contribution in [0.25, 0.3) is 21.1 Å². The van der Waals surface area contributed by atoms with E-state index in [2.05, 4.69) is 38.2 Å². The predicted octanol–water partition coefficient (Wildman–Crippen LogP) is 3.83. The molecule has 1 aliphatic rings. The van der Waals surface area contributed by atoms with Gasteiger partial charge in [0, 0.05) is 30.5 Å².